The summed E-state index contributed by atoms with van der Waals surface area (Å²) in [6, 6.07) is 0. The van der Waals surface area contributed by atoms with Gasteiger partial charge in [0.15, 0.2) is 6.29 Å². The van der Waals surface area contributed by atoms with Gasteiger partial charge in [-0.25, -0.2) is 0 Å². The van der Waals surface area contributed by atoms with Crippen LogP contribution < -0.4 is 0 Å². The first-order valence-electron chi connectivity index (χ1n) is 9.19. The molecule has 21 heavy (non-hydrogen) atoms. The lowest BCUT2D eigenvalue weighted by Crippen LogP contribution is -2.27. The lowest BCUT2D eigenvalue weighted by molar-refractivity contribution is -0.0514. The summed E-state index contributed by atoms with van der Waals surface area (Å²) in [5.74, 6) is 3.43. The van der Waals surface area contributed by atoms with E-state index in [4.69, 9.17) is 9.47 Å². The summed E-state index contributed by atoms with van der Waals surface area (Å²) in [5, 5.41) is 9.25. The third-order valence-electron chi connectivity index (χ3n) is 6.21. The summed E-state index contributed by atoms with van der Waals surface area (Å²) in [4.78, 5) is 0. The molecule has 0 aromatic carbocycles. The molecule has 0 aromatic rings. The zero-order chi connectivity index (χ0) is 14.5. The summed E-state index contributed by atoms with van der Waals surface area (Å²) in [6.45, 7) is 1.98. The molecule has 1 aliphatic heterocycles. The summed E-state index contributed by atoms with van der Waals surface area (Å²) in [7, 11) is 0. The monoisotopic (exact) mass is 296 g/mol. The van der Waals surface area contributed by atoms with Gasteiger partial charge in [0.2, 0.25) is 0 Å². The molecule has 0 aromatic heterocycles. The fourth-order valence-corrected chi connectivity index (χ4v) is 4.74. The van der Waals surface area contributed by atoms with E-state index in [1.54, 1.807) is 0 Å². The van der Waals surface area contributed by atoms with Gasteiger partial charge in [-0.1, -0.05) is 12.8 Å². The van der Waals surface area contributed by atoms with Gasteiger partial charge in [0.1, 0.15) is 0 Å². The van der Waals surface area contributed by atoms with Crippen LogP contribution in [0.2, 0.25) is 0 Å². The number of hydrogen-bond donors (Lipinski definition) is 1. The quantitative estimate of drug-likeness (QED) is 0.840. The van der Waals surface area contributed by atoms with Crippen LogP contribution in [0.15, 0.2) is 0 Å². The number of hydrogen-bond acceptors (Lipinski definition) is 3. The van der Waals surface area contributed by atoms with E-state index in [0.29, 0.717) is 12.5 Å². The Morgan fingerprint density at radius 3 is 1.71 bits per heavy atom. The van der Waals surface area contributed by atoms with E-state index in [9.17, 15) is 5.11 Å². The third kappa shape index (κ3) is 4.43. The topological polar surface area (TPSA) is 38.7 Å². The standard InChI is InChI=1S/C18H32O3/c19-13-15-3-8-17(9-4-15)16-6-1-14(2-7-16)5-10-18-20-11-12-21-18/h14-19H,1-13H2. The predicted molar refractivity (Wildman–Crippen MR) is 82.9 cm³/mol. The van der Waals surface area contributed by atoms with Crippen molar-refractivity contribution in [3.8, 4) is 0 Å². The van der Waals surface area contributed by atoms with Crippen molar-refractivity contribution in [2.45, 2.75) is 70.5 Å². The minimum Gasteiger partial charge on any atom is -0.396 e. The Kier molecular flexibility index (Phi) is 5.96. The van der Waals surface area contributed by atoms with Crippen LogP contribution in [-0.4, -0.2) is 31.2 Å². The van der Waals surface area contributed by atoms with Gasteiger partial charge in [0.25, 0.3) is 0 Å². The highest BCUT2D eigenvalue weighted by Crippen LogP contribution is 2.42. The Bertz CT molecular complexity index is 285. The molecule has 3 heteroatoms. The lowest BCUT2D eigenvalue weighted by atomic mass is 9.69. The average Bonchev–Trinajstić information content (AvgIpc) is 3.07. The van der Waals surface area contributed by atoms with Gasteiger partial charge in [0.05, 0.1) is 13.2 Å². The van der Waals surface area contributed by atoms with Crippen molar-refractivity contribution in [2.75, 3.05) is 19.8 Å². The zero-order valence-electron chi connectivity index (χ0n) is 13.3. The number of aliphatic hydroxyl groups is 1. The van der Waals surface area contributed by atoms with Crippen LogP contribution in [0.3, 0.4) is 0 Å². The van der Waals surface area contributed by atoms with Gasteiger partial charge >= 0.3 is 0 Å². The molecule has 0 radical (unpaired) electrons. The van der Waals surface area contributed by atoms with Crippen molar-refractivity contribution in [2.24, 2.45) is 23.7 Å². The van der Waals surface area contributed by atoms with E-state index in [2.05, 4.69) is 0 Å². The van der Waals surface area contributed by atoms with Gasteiger partial charge in [-0.15, -0.1) is 0 Å². The Morgan fingerprint density at radius 1 is 0.667 bits per heavy atom. The van der Waals surface area contributed by atoms with Crippen molar-refractivity contribution in [1.82, 2.24) is 0 Å². The molecule has 1 heterocycles. The molecule has 0 atom stereocenters. The van der Waals surface area contributed by atoms with Crippen LogP contribution >= 0.6 is 0 Å². The van der Waals surface area contributed by atoms with E-state index < -0.39 is 0 Å². The van der Waals surface area contributed by atoms with Crippen LogP contribution in [0.4, 0.5) is 0 Å². The molecule has 3 rings (SSSR count). The first-order chi connectivity index (χ1) is 10.3. The van der Waals surface area contributed by atoms with E-state index in [1.165, 1.54) is 57.8 Å². The lowest BCUT2D eigenvalue weighted by Gasteiger charge is -2.37. The molecule has 3 fully saturated rings. The average molecular weight is 296 g/mol. The van der Waals surface area contributed by atoms with E-state index in [0.717, 1.165) is 37.4 Å². The number of ether oxygens (including phenoxy) is 2. The van der Waals surface area contributed by atoms with Crippen LogP contribution in [0.5, 0.6) is 0 Å². The normalized spacial score (nSPS) is 38.7. The first kappa shape index (κ1) is 15.8. The molecule has 0 bridgehead atoms. The van der Waals surface area contributed by atoms with Gasteiger partial charge < -0.3 is 14.6 Å². The van der Waals surface area contributed by atoms with Crippen LogP contribution in [-0.2, 0) is 9.47 Å². The van der Waals surface area contributed by atoms with Crippen LogP contribution in [0.1, 0.15) is 64.2 Å². The molecule has 1 saturated heterocycles. The Hall–Kier alpha value is -0.120. The second kappa shape index (κ2) is 7.94. The highest BCUT2D eigenvalue weighted by Gasteiger charge is 2.31. The maximum Gasteiger partial charge on any atom is 0.157 e. The minimum atomic E-state index is 0.0940. The van der Waals surface area contributed by atoms with Crippen molar-refractivity contribution >= 4 is 0 Å². The summed E-state index contributed by atoms with van der Waals surface area (Å²) >= 11 is 0. The maximum atomic E-state index is 9.25. The van der Waals surface area contributed by atoms with Crippen molar-refractivity contribution in [1.29, 1.82) is 0 Å². The Morgan fingerprint density at radius 2 is 1.19 bits per heavy atom. The zero-order valence-corrected chi connectivity index (χ0v) is 13.3. The van der Waals surface area contributed by atoms with E-state index in [-0.39, 0.29) is 6.29 Å². The molecular formula is C18H32O3. The first-order valence-corrected chi connectivity index (χ1v) is 9.19. The summed E-state index contributed by atoms with van der Waals surface area (Å²) in [5.41, 5.74) is 0. The van der Waals surface area contributed by atoms with Crippen molar-refractivity contribution in [3.05, 3.63) is 0 Å². The molecule has 0 amide bonds. The number of aliphatic hydroxyl groups excluding tert-OH is 1. The Labute approximate surface area is 129 Å². The highest BCUT2D eigenvalue weighted by molar-refractivity contribution is 4.82. The molecule has 2 saturated carbocycles. The van der Waals surface area contributed by atoms with Gasteiger partial charge in [-0.2, -0.15) is 0 Å². The van der Waals surface area contributed by atoms with Crippen molar-refractivity contribution in [3.63, 3.8) is 0 Å². The second-order valence-corrected chi connectivity index (χ2v) is 7.49. The third-order valence-corrected chi connectivity index (χ3v) is 6.21. The molecule has 3 nitrogen and oxygen atoms in total. The molecule has 122 valence electrons. The van der Waals surface area contributed by atoms with Crippen LogP contribution in [0.25, 0.3) is 0 Å². The second-order valence-electron chi connectivity index (χ2n) is 7.49. The van der Waals surface area contributed by atoms with E-state index in [1.807, 2.05) is 0 Å². The molecule has 1 N–H and O–H groups in total. The fraction of sp³-hybridized carbons (Fsp3) is 1.00. The van der Waals surface area contributed by atoms with Gasteiger partial charge in [0, 0.05) is 6.61 Å². The summed E-state index contributed by atoms with van der Waals surface area (Å²) < 4.78 is 11.1. The largest absolute Gasteiger partial charge is 0.396 e. The Balaban J connectivity index is 1.33. The molecule has 3 aliphatic rings. The highest BCUT2D eigenvalue weighted by atomic mass is 16.7. The van der Waals surface area contributed by atoms with E-state index >= 15 is 0 Å². The molecule has 0 spiro atoms. The number of rotatable bonds is 5. The SMILES string of the molecule is OCC1CCC(C2CCC(CCC3OCCO3)CC2)CC1. The smallest absolute Gasteiger partial charge is 0.157 e. The van der Waals surface area contributed by atoms with Crippen LogP contribution in [0, 0.1) is 23.7 Å². The molecule has 2 aliphatic carbocycles. The van der Waals surface area contributed by atoms with Gasteiger partial charge in [-0.05, 0) is 75.0 Å². The minimum absolute atomic E-state index is 0.0940. The predicted octanol–water partition coefficient (Wildman–Crippen LogP) is 3.74. The summed E-state index contributed by atoms with van der Waals surface area (Å²) in [6.07, 6.45) is 13.4. The fourth-order valence-electron chi connectivity index (χ4n) is 4.74. The molecular weight excluding hydrogens is 264 g/mol. The maximum absolute atomic E-state index is 9.25. The van der Waals surface area contributed by atoms with Gasteiger partial charge in [-0.3, -0.25) is 0 Å². The molecule has 0 unspecified atom stereocenters. The van der Waals surface area contributed by atoms with Crippen molar-refractivity contribution < 1.29 is 14.6 Å².